The lowest BCUT2D eigenvalue weighted by molar-refractivity contribution is 0.176. The van der Waals surface area contributed by atoms with E-state index < -0.39 is 0 Å². The molecule has 3 heteroatoms. The van der Waals surface area contributed by atoms with Gasteiger partial charge in [0.1, 0.15) is 6.10 Å². The summed E-state index contributed by atoms with van der Waals surface area (Å²) in [4.78, 5) is 4.36. The number of nitrogens with one attached hydrogen (secondary N) is 1. The Morgan fingerprint density at radius 2 is 1.89 bits per heavy atom. The zero-order chi connectivity index (χ0) is 12.9. The van der Waals surface area contributed by atoms with Crippen LogP contribution in [0, 0.1) is 0 Å². The molecule has 0 bridgehead atoms. The van der Waals surface area contributed by atoms with Crippen LogP contribution >= 0.6 is 0 Å². The number of hydrogen-bond donors (Lipinski definition) is 1. The van der Waals surface area contributed by atoms with Gasteiger partial charge < -0.3 is 10.1 Å². The topological polar surface area (TPSA) is 34.1 Å². The van der Waals surface area contributed by atoms with Gasteiger partial charge in [-0.2, -0.15) is 0 Å². The summed E-state index contributed by atoms with van der Waals surface area (Å²) in [5.41, 5.74) is 1.28. The highest BCUT2D eigenvalue weighted by Gasteiger charge is 2.20. The molecule has 2 fully saturated rings. The molecule has 3 nitrogen and oxygen atoms in total. The number of pyridine rings is 1. The van der Waals surface area contributed by atoms with Gasteiger partial charge in [-0.1, -0.05) is 12.8 Å². The summed E-state index contributed by atoms with van der Waals surface area (Å²) in [5, 5.41) is 3.53. The predicted octanol–water partition coefficient (Wildman–Crippen LogP) is 3.44. The van der Waals surface area contributed by atoms with Crippen molar-refractivity contribution in [1.82, 2.24) is 10.3 Å². The fraction of sp³-hybridized carbons (Fsp3) is 0.688. The van der Waals surface area contributed by atoms with Crippen molar-refractivity contribution >= 4 is 0 Å². The number of ether oxygens (including phenoxy) is 1. The highest BCUT2D eigenvalue weighted by molar-refractivity contribution is 5.20. The largest absolute Gasteiger partial charge is 0.474 e. The molecule has 3 rings (SSSR count). The minimum atomic E-state index is 0.377. The Hall–Kier alpha value is -1.09. The Bertz CT molecular complexity index is 395. The molecule has 0 unspecified atom stereocenters. The molecule has 0 aromatic carbocycles. The first kappa shape index (κ1) is 12.9. The van der Waals surface area contributed by atoms with Crippen molar-refractivity contribution in [1.29, 1.82) is 0 Å². The van der Waals surface area contributed by atoms with Crippen molar-refractivity contribution in [2.75, 3.05) is 0 Å². The van der Waals surface area contributed by atoms with Crippen LogP contribution in [0.2, 0.25) is 0 Å². The second kappa shape index (κ2) is 6.38. The summed E-state index contributed by atoms with van der Waals surface area (Å²) in [6, 6.07) is 4.93. The van der Waals surface area contributed by atoms with Crippen LogP contribution in [0.1, 0.15) is 56.9 Å². The lowest BCUT2D eigenvalue weighted by atomic mass is 10.1. The number of rotatable bonds is 5. The molecule has 0 saturated heterocycles. The third kappa shape index (κ3) is 4.20. The standard InChI is InChI=1S/C16H24N2O/c1-2-4-6-15(5-3-1)19-16-11-13(9-10-17-16)12-18-14-7-8-14/h9-11,14-15,18H,1-8,12H2. The Labute approximate surface area is 115 Å². The zero-order valence-corrected chi connectivity index (χ0v) is 11.6. The highest BCUT2D eigenvalue weighted by Crippen LogP contribution is 2.23. The van der Waals surface area contributed by atoms with Gasteiger partial charge in [0.15, 0.2) is 0 Å². The van der Waals surface area contributed by atoms with Crippen molar-refractivity contribution in [2.24, 2.45) is 0 Å². The minimum absolute atomic E-state index is 0.377. The van der Waals surface area contributed by atoms with Crippen molar-refractivity contribution in [3.63, 3.8) is 0 Å². The number of nitrogens with zero attached hydrogens (tertiary/aromatic N) is 1. The highest BCUT2D eigenvalue weighted by atomic mass is 16.5. The van der Waals surface area contributed by atoms with E-state index >= 15 is 0 Å². The van der Waals surface area contributed by atoms with Gasteiger partial charge in [-0.3, -0.25) is 0 Å². The molecular formula is C16H24N2O. The first-order valence-electron chi connectivity index (χ1n) is 7.75. The Morgan fingerprint density at radius 1 is 1.11 bits per heavy atom. The molecule has 0 aliphatic heterocycles. The Kier molecular flexibility index (Phi) is 4.34. The third-order valence-electron chi connectivity index (χ3n) is 4.06. The van der Waals surface area contributed by atoms with Crippen LogP contribution in [-0.4, -0.2) is 17.1 Å². The third-order valence-corrected chi connectivity index (χ3v) is 4.06. The van der Waals surface area contributed by atoms with E-state index in [2.05, 4.69) is 22.4 Å². The SMILES string of the molecule is c1cc(CNC2CC2)cc(OC2CCCCCC2)n1. The molecule has 0 radical (unpaired) electrons. The second-order valence-electron chi connectivity index (χ2n) is 5.89. The molecule has 2 aliphatic carbocycles. The smallest absolute Gasteiger partial charge is 0.213 e. The van der Waals surface area contributed by atoms with E-state index in [1.54, 1.807) is 0 Å². The van der Waals surface area contributed by atoms with Crippen LogP contribution in [0.25, 0.3) is 0 Å². The molecule has 1 aromatic heterocycles. The van der Waals surface area contributed by atoms with Gasteiger partial charge in [0.2, 0.25) is 5.88 Å². The normalized spacial score (nSPS) is 21.1. The van der Waals surface area contributed by atoms with Crippen molar-refractivity contribution in [3.05, 3.63) is 23.9 Å². The van der Waals surface area contributed by atoms with Crippen LogP contribution < -0.4 is 10.1 Å². The van der Waals surface area contributed by atoms with E-state index in [1.807, 2.05) is 6.20 Å². The Balaban J connectivity index is 1.54. The van der Waals surface area contributed by atoms with Gasteiger partial charge in [-0.15, -0.1) is 0 Å². The van der Waals surface area contributed by atoms with E-state index in [1.165, 1.54) is 56.9 Å². The van der Waals surface area contributed by atoms with Gasteiger partial charge in [0, 0.05) is 24.8 Å². The minimum Gasteiger partial charge on any atom is -0.474 e. The van der Waals surface area contributed by atoms with Crippen LogP contribution in [-0.2, 0) is 6.54 Å². The van der Waals surface area contributed by atoms with E-state index in [0.717, 1.165) is 18.5 Å². The fourth-order valence-electron chi connectivity index (χ4n) is 2.71. The van der Waals surface area contributed by atoms with Gasteiger partial charge in [0.25, 0.3) is 0 Å². The molecule has 104 valence electrons. The summed E-state index contributed by atoms with van der Waals surface area (Å²) in [5.74, 6) is 0.807. The van der Waals surface area contributed by atoms with Crippen LogP contribution in [0.3, 0.4) is 0 Å². The van der Waals surface area contributed by atoms with E-state index in [-0.39, 0.29) is 0 Å². The molecule has 2 aliphatic rings. The van der Waals surface area contributed by atoms with Gasteiger partial charge >= 0.3 is 0 Å². The average Bonchev–Trinajstić information content (AvgIpc) is 3.25. The van der Waals surface area contributed by atoms with Crippen molar-refractivity contribution in [3.8, 4) is 5.88 Å². The first-order valence-corrected chi connectivity index (χ1v) is 7.75. The Morgan fingerprint density at radius 3 is 2.63 bits per heavy atom. The maximum Gasteiger partial charge on any atom is 0.213 e. The molecule has 1 aromatic rings. The molecule has 2 saturated carbocycles. The van der Waals surface area contributed by atoms with Gasteiger partial charge in [-0.25, -0.2) is 4.98 Å². The molecule has 0 amide bonds. The quantitative estimate of drug-likeness (QED) is 0.824. The summed E-state index contributed by atoms with van der Waals surface area (Å²) in [7, 11) is 0. The van der Waals surface area contributed by atoms with Crippen molar-refractivity contribution < 1.29 is 4.74 Å². The summed E-state index contributed by atoms with van der Waals surface area (Å²) >= 11 is 0. The summed E-state index contributed by atoms with van der Waals surface area (Å²) < 4.78 is 6.06. The summed E-state index contributed by atoms with van der Waals surface area (Å²) in [6.45, 7) is 0.939. The van der Waals surface area contributed by atoms with Crippen LogP contribution in [0.15, 0.2) is 18.3 Å². The van der Waals surface area contributed by atoms with Gasteiger partial charge in [0.05, 0.1) is 0 Å². The maximum absolute atomic E-state index is 6.06. The van der Waals surface area contributed by atoms with Crippen LogP contribution in [0.4, 0.5) is 0 Å². The molecule has 0 atom stereocenters. The summed E-state index contributed by atoms with van der Waals surface area (Å²) in [6.07, 6.45) is 12.6. The van der Waals surface area contributed by atoms with Gasteiger partial charge in [-0.05, 0) is 50.2 Å². The van der Waals surface area contributed by atoms with Crippen molar-refractivity contribution in [2.45, 2.75) is 70.1 Å². The monoisotopic (exact) mass is 260 g/mol. The zero-order valence-electron chi connectivity index (χ0n) is 11.6. The molecular weight excluding hydrogens is 236 g/mol. The lowest BCUT2D eigenvalue weighted by Crippen LogP contribution is -2.17. The maximum atomic E-state index is 6.06. The average molecular weight is 260 g/mol. The number of aromatic nitrogens is 1. The number of hydrogen-bond acceptors (Lipinski definition) is 3. The molecule has 19 heavy (non-hydrogen) atoms. The lowest BCUT2D eigenvalue weighted by Gasteiger charge is -2.16. The predicted molar refractivity (Wildman–Crippen MR) is 76.2 cm³/mol. The molecule has 1 heterocycles. The van der Waals surface area contributed by atoms with E-state index in [0.29, 0.717) is 6.10 Å². The first-order chi connectivity index (χ1) is 9.40. The molecule has 0 spiro atoms. The van der Waals surface area contributed by atoms with Crippen LogP contribution in [0.5, 0.6) is 5.88 Å². The van der Waals surface area contributed by atoms with E-state index in [9.17, 15) is 0 Å². The molecule has 1 N–H and O–H groups in total. The fourth-order valence-corrected chi connectivity index (χ4v) is 2.71. The van der Waals surface area contributed by atoms with E-state index in [4.69, 9.17) is 4.74 Å². The second-order valence-corrected chi connectivity index (χ2v) is 5.89.